The van der Waals surface area contributed by atoms with Gasteiger partial charge in [0.2, 0.25) is 0 Å². The molecule has 24 heavy (non-hydrogen) atoms. The summed E-state index contributed by atoms with van der Waals surface area (Å²) in [5.74, 6) is -0.576. The second-order valence-corrected chi connectivity index (χ2v) is 6.15. The number of rotatable bonds is 2. The summed E-state index contributed by atoms with van der Waals surface area (Å²) in [7, 11) is 1.58. The Morgan fingerprint density at radius 1 is 1.17 bits per heavy atom. The highest BCUT2D eigenvalue weighted by molar-refractivity contribution is 6.00. The van der Waals surface area contributed by atoms with Crippen LogP contribution >= 0.6 is 0 Å². The van der Waals surface area contributed by atoms with Crippen molar-refractivity contribution in [3.8, 4) is 24.0 Å². The standard InChI is InChI=1S/C19H16N4O/c1-24-13-7-5-12(6-8-13)17-15-4-2-3-14(15)16(9-20)18(23)19(17,10-21)11-22/h3,5-8,15-17,23H,2,4H2,1H3/t15-,16+,17+/m0/s1. The first kappa shape index (κ1) is 15.8. The van der Waals surface area contributed by atoms with Gasteiger partial charge in [-0.2, -0.15) is 15.8 Å². The van der Waals surface area contributed by atoms with Gasteiger partial charge in [-0.05, 0) is 42.0 Å². The van der Waals surface area contributed by atoms with Crippen LogP contribution in [-0.4, -0.2) is 12.8 Å². The molecule has 5 heteroatoms. The van der Waals surface area contributed by atoms with Crippen molar-refractivity contribution >= 4 is 5.71 Å². The monoisotopic (exact) mass is 316 g/mol. The van der Waals surface area contributed by atoms with Crippen LogP contribution in [0.2, 0.25) is 0 Å². The van der Waals surface area contributed by atoms with Crippen LogP contribution in [0.1, 0.15) is 24.3 Å². The van der Waals surface area contributed by atoms with Gasteiger partial charge in [0.05, 0.1) is 31.0 Å². The number of methoxy groups -OCH3 is 1. The van der Waals surface area contributed by atoms with E-state index in [0.29, 0.717) is 5.75 Å². The molecule has 2 aliphatic rings. The second-order valence-electron chi connectivity index (χ2n) is 6.15. The maximum absolute atomic E-state index is 9.81. The number of ether oxygens (including phenoxy) is 1. The lowest BCUT2D eigenvalue weighted by Gasteiger charge is -2.42. The lowest BCUT2D eigenvalue weighted by molar-refractivity contribution is 0.354. The largest absolute Gasteiger partial charge is 0.497 e. The molecule has 3 rings (SSSR count). The molecule has 1 aromatic carbocycles. The summed E-state index contributed by atoms with van der Waals surface area (Å²) >= 11 is 0. The minimum absolute atomic E-state index is 0.0588. The molecule has 0 saturated heterocycles. The fourth-order valence-electron chi connectivity index (χ4n) is 4.02. The molecule has 0 spiro atoms. The number of hydrogen-bond acceptors (Lipinski definition) is 5. The van der Waals surface area contributed by atoms with Crippen molar-refractivity contribution < 1.29 is 4.74 Å². The predicted molar refractivity (Wildman–Crippen MR) is 87.0 cm³/mol. The van der Waals surface area contributed by atoms with Crippen molar-refractivity contribution in [3.63, 3.8) is 0 Å². The van der Waals surface area contributed by atoms with Crippen LogP contribution in [0.5, 0.6) is 5.75 Å². The predicted octanol–water partition coefficient (Wildman–Crippen LogP) is 3.32. The first-order valence-corrected chi connectivity index (χ1v) is 7.78. The van der Waals surface area contributed by atoms with E-state index in [0.717, 1.165) is 24.0 Å². The number of nitriles is 3. The minimum atomic E-state index is -1.61. The average molecular weight is 316 g/mol. The summed E-state index contributed by atoms with van der Waals surface area (Å²) in [4.78, 5) is 0. The third kappa shape index (κ3) is 2.01. The fourth-order valence-corrected chi connectivity index (χ4v) is 4.02. The van der Waals surface area contributed by atoms with Crippen LogP contribution in [-0.2, 0) is 0 Å². The highest BCUT2D eigenvalue weighted by Crippen LogP contribution is 2.55. The molecule has 0 aliphatic heterocycles. The van der Waals surface area contributed by atoms with Crippen molar-refractivity contribution in [2.24, 2.45) is 17.3 Å². The number of fused-ring (bicyclic) bond motifs is 1. The van der Waals surface area contributed by atoms with Crippen LogP contribution in [0.4, 0.5) is 0 Å². The molecule has 3 atom stereocenters. The Morgan fingerprint density at radius 2 is 1.83 bits per heavy atom. The van der Waals surface area contributed by atoms with E-state index in [1.807, 2.05) is 18.2 Å². The zero-order chi connectivity index (χ0) is 17.3. The SMILES string of the molecule is COc1ccc([C@@H]2[C@H]3CCC=C3[C@@H](C#N)C(=N)C2(C#N)C#N)cc1. The van der Waals surface area contributed by atoms with E-state index in [1.165, 1.54) is 0 Å². The number of nitrogens with one attached hydrogen (secondary N) is 1. The van der Waals surface area contributed by atoms with Gasteiger partial charge in [0.1, 0.15) is 11.7 Å². The zero-order valence-corrected chi connectivity index (χ0v) is 13.3. The zero-order valence-electron chi connectivity index (χ0n) is 13.3. The Bertz CT molecular complexity index is 818. The third-order valence-electron chi connectivity index (χ3n) is 5.16. The van der Waals surface area contributed by atoms with Gasteiger partial charge in [-0.3, -0.25) is 0 Å². The highest BCUT2D eigenvalue weighted by atomic mass is 16.5. The van der Waals surface area contributed by atoms with Crippen LogP contribution in [0.25, 0.3) is 0 Å². The first-order valence-electron chi connectivity index (χ1n) is 7.78. The Labute approximate surface area is 140 Å². The number of hydrogen-bond donors (Lipinski definition) is 1. The van der Waals surface area contributed by atoms with Gasteiger partial charge in [-0.15, -0.1) is 0 Å². The number of allylic oxidation sites excluding steroid dienone is 2. The topological polar surface area (TPSA) is 104 Å². The quantitative estimate of drug-likeness (QED) is 0.845. The Hall–Kier alpha value is -3.10. The van der Waals surface area contributed by atoms with Gasteiger partial charge >= 0.3 is 0 Å². The average Bonchev–Trinajstić information content (AvgIpc) is 3.09. The van der Waals surface area contributed by atoms with Crippen LogP contribution in [0.15, 0.2) is 35.9 Å². The lowest BCUT2D eigenvalue weighted by Crippen LogP contribution is -2.47. The number of benzene rings is 1. The van der Waals surface area contributed by atoms with Crippen molar-refractivity contribution in [1.29, 1.82) is 21.2 Å². The maximum Gasteiger partial charge on any atom is 0.189 e. The van der Waals surface area contributed by atoms with E-state index in [-0.39, 0.29) is 11.6 Å². The summed E-state index contributed by atoms with van der Waals surface area (Å²) < 4.78 is 5.18. The van der Waals surface area contributed by atoms with E-state index in [9.17, 15) is 15.8 Å². The Kier molecular flexibility index (Phi) is 3.84. The van der Waals surface area contributed by atoms with Crippen molar-refractivity contribution in [2.45, 2.75) is 18.8 Å². The van der Waals surface area contributed by atoms with Gasteiger partial charge in [0.25, 0.3) is 0 Å². The molecule has 0 radical (unpaired) electrons. The molecule has 1 saturated carbocycles. The summed E-state index contributed by atoms with van der Waals surface area (Å²) in [5.41, 5.74) is 0.0175. The van der Waals surface area contributed by atoms with Gasteiger partial charge in [0, 0.05) is 5.92 Å². The normalized spacial score (nSPS) is 27.2. The van der Waals surface area contributed by atoms with Gasteiger partial charge in [-0.25, -0.2) is 0 Å². The molecule has 0 amide bonds. The van der Waals surface area contributed by atoms with E-state index in [2.05, 4.69) is 18.2 Å². The van der Waals surface area contributed by atoms with Crippen LogP contribution < -0.4 is 4.74 Å². The van der Waals surface area contributed by atoms with E-state index >= 15 is 0 Å². The van der Waals surface area contributed by atoms with Gasteiger partial charge in [-0.1, -0.05) is 18.2 Å². The van der Waals surface area contributed by atoms with E-state index in [4.69, 9.17) is 10.1 Å². The van der Waals surface area contributed by atoms with Crippen molar-refractivity contribution in [3.05, 3.63) is 41.5 Å². The first-order chi connectivity index (χ1) is 11.6. The fraction of sp³-hybridized carbons (Fsp3) is 0.368. The second kappa shape index (κ2) is 5.84. The van der Waals surface area contributed by atoms with Crippen LogP contribution in [0.3, 0.4) is 0 Å². The van der Waals surface area contributed by atoms with Gasteiger partial charge in [0.15, 0.2) is 5.41 Å². The summed E-state index contributed by atoms with van der Waals surface area (Å²) in [6.45, 7) is 0. The van der Waals surface area contributed by atoms with E-state index in [1.54, 1.807) is 19.2 Å². The maximum atomic E-state index is 9.81. The molecule has 0 heterocycles. The molecule has 1 fully saturated rings. The summed E-state index contributed by atoms with van der Waals surface area (Å²) in [6, 6.07) is 13.6. The minimum Gasteiger partial charge on any atom is -0.497 e. The molecular formula is C19H16N4O. The molecular weight excluding hydrogens is 300 g/mol. The van der Waals surface area contributed by atoms with E-state index < -0.39 is 17.3 Å². The molecule has 0 unspecified atom stereocenters. The molecule has 1 aromatic rings. The summed E-state index contributed by atoms with van der Waals surface area (Å²) in [5, 5.41) is 37.5. The van der Waals surface area contributed by atoms with Crippen LogP contribution in [0, 0.1) is 56.7 Å². The smallest absolute Gasteiger partial charge is 0.189 e. The van der Waals surface area contributed by atoms with Crippen molar-refractivity contribution in [2.75, 3.05) is 7.11 Å². The van der Waals surface area contributed by atoms with Gasteiger partial charge < -0.3 is 10.1 Å². The molecule has 1 N–H and O–H groups in total. The molecule has 0 bridgehead atoms. The highest BCUT2D eigenvalue weighted by Gasteiger charge is 2.57. The Morgan fingerprint density at radius 3 is 2.38 bits per heavy atom. The third-order valence-corrected chi connectivity index (χ3v) is 5.16. The molecule has 2 aliphatic carbocycles. The number of nitrogens with zero attached hydrogens (tertiary/aromatic N) is 3. The lowest BCUT2D eigenvalue weighted by atomic mass is 9.55. The molecule has 118 valence electrons. The molecule has 5 nitrogen and oxygen atoms in total. The van der Waals surface area contributed by atoms with Crippen molar-refractivity contribution in [1.82, 2.24) is 0 Å². The molecule has 0 aromatic heterocycles. The summed E-state index contributed by atoms with van der Waals surface area (Å²) in [6.07, 6.45) is 3.61. The Balaban J connectivity index is 2.19.